The summed E-state index contributed by atoms with van der Waals surface area (Å²) in [4.78, 5) is 14.6. The van der Waals surface area contributed by atoms with Gasteiger partial charge in [0.15, 0.2) is 0 Å². The maximum atomic E-state index is 12.9. The standard InChI is InChI=1S/C23H27FN2O2/c1-16-14-26(15-17(2)28-16)22-6-4-5-20(13-22)18(3)25-23(27)12-9-19-7-10-21(24)11-8-19/h4-13,16-18H,14-15H2,1-3H3,(H,25,27)/b12-9-/t16-,17+,18?. The molecule has 3 atom stereocenters. The third-order valence-electron chi connectivity index (χ3n) is 4.81. The number of ether oxygens (including phenoxy) is 1. The number of amides is 1. The zero-order valence-corrected chi connectivity index (χ0v) is 16.6. The van der Waals surface area contributed by atoms with Crippen LogP contribution in [0.4, 0.5) is 10.1 Å². The highest BCUT2D eigenvalue weighted by atomic mass is 19.1. The highest BCUT2D eigenvalue weighted by Gasteiger charge is 2.22. The van der Waals surface area contributed by atoms with Crippen LogP contribution in [0.25, 0.3) is 6.08 Å². The Morgan fingerprint density at radius 3 is 2.54 bits per heavy atom. The van der Waals surface area contributed by atoms with Crippen LogP contribution in [-0.2, 0) is 9.53 Å². The van der Waals surface area contributed by atoms with Gasteiger partial charge in [-0.05, 0) is 62.2 Å². The number of carbonyl (C=O) groups excluding carboxylic acids is 1. The lowest BCUT2D eigenvalue weighted by molar-refractivity contribution is -0.117. The van der Waals surface area contributed by atoms with Crippen molar-refractivity contribution in [3.63, 3.8) is 0 Å². The minimum atomic E-state index is -0.292. The number of nitrogens with zero attached hydrogens (tertiary/aromatic N) is 1. The summed E-state index contributed by atoms with van der Waals surface area (Å²) in [7, 11) is 0. The van der Waals surface area contributed by atoms with Gasteiger partial charge in [0.1, 0.15) is 5.82 Å². The molecule has 1 saturated heterocycles. The fraction of sp³-hybridized carbons (Fsp3) is 0.348. The van der Waals surface area contributed by atoms with Crippen molar-refractivity contribution < 1.29 is 13.9 Å². The highest BCUT2D eigenvalue weighted by Crippen LogP contribution is 2.24. The van der Waals surface area contributed by atoms with Crippen LogP contribution in [0.1, 0.15) is 37.9 Å². The number of hydrogen-bond donors (Lipinski definition) is 1. The maximum Gasteiger partial charge on any atom is 0.244 e. The van der Waals surface area contributed by atoms with Crippen LogP contribution in [0.5, 0.6) is 0 Å². The van der Waals surface area contributed by atoms with E-state index in [2.05, 4.69) is 36.2 Å². The lowest BCUT2D eigenvalue weighted by Gasteiger charge is -2.37. The fourth-order valence-electron chi connectivity index (χ4n) is 3.47. The Hall–Kier alpha value is -2.66. The van der Waals surface area contributed by atoms with Gasteiger partial charge in [-0.2, -0.15) is 0 Å². The summed E-state index contributed by atoms with van der Waals surface area (Å²) >= 11 is 0. The topological polar surface area (TPSA) is 41.6 Å². The van der Waals surface area contributed by atoms with Crippen LogP contribution in [0.3, 0.4) is 0 Å². The minimum absolute atomic E-state index is 0.124. The predicted octanol–water partition coefficient (Wildman–Crippen LogP) is 4.33. The predicted molar refractivity (Wildman–Crippen MR) is 111 cm³/mol. The van der Waals surface area contributed by atoms with Gasteiger partial charge in [-0.3, -0.25) is 4.79 Å². The second kappa shape index (κ2) is 9.02. The molecule has 5 heteroatoms. The second-order valence-electron chi connectivity index (χ2n) is 7.37. The van der Waals surface area contributed by atoms with Crippen LogP contribution < -0.4 is 10.2 Å². The third-order valence-corrected chi connectivity index (χ3v) is 4.81. The average Bonchev–Trinajstić information content (AvgIpc) is 2.67. The Labute approximate surface area is 166 Å². The van der Waals surface area contributed by atoms with Crippen molar-refractivity contribution in [1.29, 1.82) is 0 Å². The van der Waals surface area contributed by atoms with E-state index in [0.29, 0.717) is 0 Å². The van der Waals surface area contributed by atoms with E-state index >= 15 is 0 Å². The van der Waals surface area contributed by atoms with Gasteiger partial charge in [-0.25, -0.2) is 4.39 Å². The monoisotopic (exact) mass is 382 g/mol. The molecule has 0 radical (unpaired) electrons. The molecular weight excluding hydrogens is 355 g/mol. The molecule has 2 aromatic carbocycles. The average molecular weight is 382 g/mol. The summed E-state index contributed by atoms with van der Waals surface area (Å²) in [6, 6.07) is 14.2. The lowest BCUT2D eigenvalue weighted by Crippen LogP contribution is -2.45. The SMILES string of the molecule is CC(NC(=O)/C=C\c1ccc(F)cc1)c1cccc(N2C[C@@H](C)O[C@@H](C)C2)c1. The largest absolute Gasteiger partial charge is 0.372 e. The van der Waals surface area contributed by atoms with Crippen LogP contribution in [0.2, 0.25) is 0 Å². The summed E-state index contributed by atoms with van der Waals surface area (Å²) in [6.07, 6.45) is 3.54. The molecule has 1 N–H and O–H groups in total. The first-order valence-corrected chi connectivity index (χ1v) is 9.65. The smallest absolute Gasteiger partial charge is 0.244 e. The van der Waals surface area contributed by atoms with Crippen LogP contribution >= 0.6 is 0 Å². The Morgan fingerprint density at radius 1 is 1.18 bits per heavy atom. The van der Waals surface area contributed by atoms with Gasteiger partial charge in [0.05, 0.1) is 18.2 Å². The van der Waals surface area contributed by atoms with E-state index in [4.69, 9.17) is 4.74 Å². The minimum Gasteiger partial charge on any atom is -0.372 e. The molecule has 1 aliphatic heterocycles. The van der Waals surface area contributed by atoms with Gasteiger partial charge >= 0.3 is 0 Å². The molecule has 0 aromatic heterocycles. The summed E-state index contributed by atoms with van der Waals surface area (Å²) in [5.41, 5.74) is 2.97. The van der Waals surface area contributed by atoms with Crippen molar-refractivity contribution in [3.8, 4) is 0 Å². The van der Waals surface area contributed by atoms with E-state index < -0.39 is 0 Å². The summed E-state index contributed by atoms with van der Waals surface area (Å²) in [5, 5.41) is 2.98. The first kappa shape index (κ1) is 20.1. The van der Waals surface area contributed by atoms with Crippen molar-refractivity contribution in [2.75, 3.05) is 18.0 Å². The van der Waals surface area contributed by atoms with Crippen molar-refractivity contribution in [2.45, 2.75) is 39.0 Å². The number of nitrogens with one attached hydrogen (secondary N) is 1. The summed E-state index contributed by atoms with van der Waals surface area (Å²) in [5.74, 6) is -0.477. The van der Waals surface area contributed by atoms with E-state index in [1.54, 1.807) is 18.2 Å². The molecule has 2 aromatic rings. The molecule has 0 bridgehead atoms. The number of benzene rings is 2. The van der Waals surface area contributed by atoms with E-state index in [1.165, 1.54) is 18.2 Å². The Bertz CT molecular complexity index is 825. The Balaban J connectivity index is 1.63. The van der Waals surface area contributed by atoms with Gasteiger partial charge in [-0.15, -0.1) is 0 Å². The molecule has 3 rings (SSSR count). The van der Waals surface area contributed by atoms with E-state index in [-0.39, 0.29) is 30.0 Å². The zero-order chi connectivity index (χ0) is 20.1. The molecule has 0 aliphatic carbocycles. The van der Waals surface area contributed by atoms with Crippen molar-refractivity contribution >= 4 is 17.7 Å². The number of anilines is 1. The van der Waals surface area contributed by atoms with E-state index in [9.17, 15) is 9.18 Å². The molecule has 0 saturated carbocycles. The van der Waals surface area contributed by atoms with Gasteiger partial charge in [0.2, 0.25) is 5.91 Å². The van der Waals surface area contributed by atoms with Crippen molar-refractivity contribution in [1.82, 2.24) is 5.32 Å². The molecule has 1 amide bonds. The zero-order valence-electron chi connectivity index (χ0n) is 16.6. The molecule has 1 heterocycles. The van der Waals surface area contributed by atoms with E-state index in [0.717, 1.165) is 29.9 Å². The second-order valence-corrected chi connectivity index (χ2v) is 7.37. The van der Waals surface area contributed by atoms with Crippen molar-refractivity contribution in [3.05, 3.63) is 71.6 Å². The lowest BCUT2D eigenvalue weighted by atomic mass is 10.1. The Morgan fingerprint density at radius 2 is 1.86 bits per heavy atom. The summed E-state index contributed by atoms with van der Waals surface area (Å²) < 4.78 is 18.8. The summed E-state index contributed by atoms with van der Waals surface area (Å²) in [6.45, 7) is 7.85. The Kier molecular flexibility index (Phi) is 6.47. The maximum absolute atomic E-state index is 12.9. The number of halogens is 1. The van der Waals surface area contributed by atoms with Crippen LogP contribution in [0.15, 0.2) is 54.6 Å². The molecule has 1 fully saturated rings. The first-order chi connectivity index (χ1) is 13.4. The van der Waals surface area contributed by atoms with Crippen LogP contribution in [-0.4, -0.2) is 31.2 Å². The first-order valence-electron chi connectivity index (χ1n) is 9.65. The molecule has 28 heavy (non-hydrogen) atoms. The van der Waals surface area contributed by atoms with Gasteiger partial charge in [0.25, 0.3) is 0 Å². The number of carbonyl (C=O) groups is 1. The fourth-order valence-corrected chi connectivity index (χ4v) is 3.47. The van der Waals surface area contributed by atoms with Gasteiger partial charge in [-0.1, -0.05) is 24.3 Å². The third kappa shape index (κ3) is 5.42. The number of morpholine rings is 1. The van der Waals surface area contributed by atoms with Crippen molar-refractivity contribution in [2.24, 2.45) is 0 Å². The molecule has 1 unspecified atom stereocenters. The van der Waals surface area contributed by atoms with E-state index in [1.807, 2.05) is 19.1 Å². The quantitative estimate of drug-likeness (QED) is 0.783. The van der Waals surface area contributed by atoms with Crippen LogP contribution in [0, 0.1) is 5.82 Å². The van der Waals surface area contributed by atoms with Gasteiger partial charge < -0.3 is 15.0 Å². The normalized spacial score (nSPS) is 20.9. The molecule has 1 aliphatic rings. The molecular formula is C23H27FN2O2. The van der Waals surface area contributed by atoms with Gasteiger partial charge in [0, 0.05) is 24.9 Å². The molecule has 0 spiro atoms. The molecule has 4 nitrogen and oxygen atoms in total. The number of rotatable bonds is 5. The highest BCUT2D eigenvalue weighted by molar-refractivity contribution is 5.92. The molecule has 148 valence electrons. The number of hydrogen-bond acceptors (Lipinski definition) is 3.